The number of anilines is 3. The second kappa shape index (κ2) is 9.15. The van der Waals surface area contributed by atoms with Crippen molar-refractivity contribution in [2.75, 3.05) is 17.2 Å². The summed E-state index contributed by atoms with van der Waals surface area (Å²) in [6.45, 7) is 2.09. The lowest BCUT2D eigenvalue weighted by atomic mass is 10.2. The number of hydrogen-bond acceptors (Lipinski definition) is 6. The van der Waals surface area contributed by atoms with Gasteiger partial charge in [0.2, 0.25) is 0 Å². The lowest BCUT2D eigenvalue weighted by Crippen LogP contribution is -2.13. The maximum Gasteiger partial charge on any atom is 0.338 e. The monoisotopic (exact) mass is 386 g/mol. The lowest BCUT2D eigenvalue weighted by molar-refractivity contribution is 0.0526. The smallest absolute Gasteiger partial charge is 0.338 e. The van der Waals surface area contributed by atoms with Gasteiger partial charge >= 0.3 is 5.97 Å². The van der Waals surface area contributed by atoms with Crippen LogP contribution in [0.1, 0.15) is 33.3 Å². The molecular formula is C22H18N4O3. The van der Waals surface area contributed by atoms with Crippen LogP contribution in [0.3, 0.4) is 0 Å². The summed E-state index contributed by atoms with van der Waals surface area (Å²) in [7, 11) is 0. The van der Waals surface area contributed by atoms with Gasteiger partial charge in [0.25, 0.3) is 5.91 Å². The Bertz CT molecular complexity index is 1040. The van der Waals surface area contributed by atoms with E-state index in [1.807, 2.05) is 6.07 Å². The van der Waals surface area contributed by atoms with E-state index in [-0.39, 0.29) is 17.6 Å². The number of amides is 1. The van der Waals surface area contributed by atoms with Gasteiger partial charge in [0.15, 0.2) is 0 Å². The topological polar surface area (TPSA) is 104 Å². The van der Waals surface area contributed by atoms with E-state index >= 15 is 0 Å². The van der Waals surface area contributed by atoms with Gasteiger partial charge in [-0.1, -0.05) is 0 Å². The molecule has 0 saturated carbocycles. The number of esters is 1. The van der Waals surface area contributed by atoms with Crippen LogP contribution >= 0.6 is 0 Å². The van der Waals surface area contributed by atoms with Gasteiger partial charge in [-0.25, -0.2) is 9.78 Å². The third-order valence-electron chi connectivity index (χ3n) is 3.95. The van der Waals surface area contributed by atoms with E-state index in [1.165, 1.54) is 0 Å². The highest BCUT2D eigenvalue weighted by Crippen LogP contribution is 2.18. The first kappa shape index (κ1) is 19.6. The fourth-order valence-electron chi connectivity index (χ4n) is 2.50. The average Bonchev–Trinajstić information content (AvgIpc) is 2.75. The molecule has 144 valence electrons. The Hall–Kier alpha value is -4.18. The Labute approximate surface area is 168 Å². The Morgan fingerprint density at radius 1 is 0.966 bits per heavy atom. The summed E-state index contributed by atoms with van der Waals surface area (Å²) in [6, 6.07) is 18.8. The van der Waals surface area contributed by atoms with Crippen molar-refractivity contribution in [3.8, 4) is 6.07 Å². The molecule has 0 spiro atoms. The molecule has 0 aliphatic rings. The molecule has 0 bridgehead atoms. The van der Waals surface area contributed by atoms with Gasteiger partial charge in [-0.3, -0.25) is 4.79 Å². The molecule has 0 saturated heterocycles. The summed E-state index contributed by atoms with van der Waals surface area (Å²) in [5.41, 5.74) is 3.31. The Morgan fingerprint density at radius 3 is 2.21 bits per heavy atom. The minimum Gasteiger partial charge on any atom is -0.462 e. The van der Waals surface area contributed by atoms with Gasteiger partial charge < -0.3 is 15.4 Å². The number of rotatable bonds is 6. The van der Waals surface area contributed by atoms with E-state index in [9.17, 15) is 9.59 Å². The normalized spacial score (nSPS) is 9.93. The molecule has 1 heterocycles. The van der Waals surface area contributed by atoms with Crippen molar-refractivity contribution in [1.29, 1.82) is 5.26 Å². The minimum absolute atomic E-state index is 0.262. The molecule has 3 rings (SSSR count). The van der Waals surface area contributed by atoms with E-state index in [0.717, 1.165) is 5.69 Å². The van der Waals surface area contributed by atoms with E-state index in [4.69, 9.17) is 10.00 Å². The standard InChI is InChI=1S/C22H18N4O3/c1-2-29-22(28)16-5-9-17(10-6-16)25-19-11-12-20(24-14-19)21(27)26-18-7-3-15(13-23)4-8-18/h3-12,14,25H,2H2,1H3,(H,26,27). The number of hydrogen-bond donors (Lipinski definition) is 2. The van der Waals surface area contributed by atoms with E-state index in [2.05, 4.69) is 15.6 Å². The highest BCUT2D eigenvalue weighted by Gasteiger charge is 2.09. The quantitative estimate of drug-likeness (QED) is 0.618. The first-order chi connectivity index (χ1) is 14.1. The zero-order valence-electron chi connectivity index (χ0n) is 15.7. The molecule has 2 N–H and O–H groups in total. The molecule has 0 atom stereocenters. The fraction of sp³-hybridized carbons (Fsp3) is 0.0909. The van der Waals surface area contributed by atoms with Crippen molar-refractivity contribution in [3.63, 3.8) is 0 Å². The van der Waals surface area contributed by atoms with E-state index < -0.39 is 0 Å². The number of aromatic nitrogens is 1. The maximum absolute atomic E-state index is 12.3. The molecule has 29 heavy (non-hydrogen) atoms. The van der Waals surface area contributed by atoms with Crippen LogP contribution in [0.4, 0.5) is 17.1 Å². The summed E-state index contributed by atoms with van der Waals surface area (Å²) in [5.74, 6) is -0.710. The van der Waals surface area contributed by atoms with Gasteiger partial charge in [-0.05, 0) is 67.6 Å². The predicted molar refractivity (Wildman–Crippen MR) is 109 cm³/mol. The Balaban J connectivity index is 1.61. The van der Waals surface area contributed by atoms with Gasteiger partial charge in [-0.2, -0.15) is 5.26 Å². The van der Waals surface area contributed by atoms with Crippen molar-refractivity contribution >= 4 is 28.9 Å². The molecule has 0 aliphatic carbocycles. The van der Waals surface area contributed by atoms with Crippen LogP contribution < -0.4 is 10.6 Å². The lowest BCUT2D eigenvalue weighted by Gasteiger charge is -2.08. The number of nitriles is 1. The van der Waals surface area contributed by atoms with Crippen LogP contribution in [-0.4, -0.2) is 23.5 Å². The minimum atomic E-state index is -0.363. The number of pyridine rings is 1. The Kier molecular flexibility index (Phi) is 6.18. The van der Waals surface area contributed by atoms with Crippen molar-refractivity contribution < 1.29 is 14.3 Å². The second-order valence-corrected chi connectivity index (χ2v) is 6.00. The largest absolute Gasteiger partial charge is 0.462 e. The molecule has 1 amide bonds. The first-order valence-electron chi connectivity index (χ1n) is 8.91. The van der Waals surface area contributed by atoms with Crippen LogP contribution in [0.5, 0.6) is 0 Å². The van der Waals surface area contributed by atoms with Crippen molar-refractivity contribution in [3.05, 3.63) is 83.7 Å². The number of carbonyl (C=O) groups excluding carboxylic acids is 2. The van der Waals surface area contributed by atoms with Crippen LogP contribution in [0.2, 0.25) is 0 Å². The summed E-state index contributed by atoms with van der Waals surface area (Å²) >= 11 is 0. The number of carbonyl (C=O) groups is 2. The molecule has 7 nitrogen and oxygen atoms in total. The van der Waals surface area contributed by atoms with Gasteiger partial charge in [0.1, 0.15) is 5.69 Å². The van der Waals surface area contributed by atoms with Gasteiger partial charge in [0.05, 0.1) is 35.7 Å². The maximum atomic E-state index is 12.3. The van der Waals surface area contributed by atoms with E-state index in [1.54, 1.807) is 73.8 Å². The molecule has 1 aromatic heterocycles. The Morgan fingerprint density at radius 2 is 1.62 bits per heavy atom. The summed E-state index contributed by atoms with van der Waals surface area (Å²) in [4.78, 5) is 28.1. The molecule has 3 aromatic rings. The highest BCUT2D eigenvalue weighted by molar-refractivity contribution is 6.03. The zero-order valence-corrected chi connectivity index (χ0v) is 15.7. The number of nitrogens with one attached hydrogen (secondary N) is 2. The first-order valence-corrected chi connectivity index (χ1v) is 8.91. The summed E-state index contributed by atoms with van der Waals surface area (Å²) < 4.78 is 4.95. The van der Waals surface area contributed by atoms with Crippen LogP contribution in [0.25, 0.3) is 0 Å². The molecule has 0 unspecified atom stereocenters. The van der Waals surface area contributed by atoms with Crippen LogP contribution in [0.15, 0.2) is 66.9 Å². The molecule has 0 radical (unpaired) electrons. The number of benzene rings is 2. The van der Waals surface area contributed by atoms with Gasteiger partial charge in [0, 0.05) is 11.4 Å². The molecule has 7 heteroatoms. The molecule has 0 fully saturated rings. The summed E-state index contributed by atoms with van der Waals surface area (Å²) in [5, 5.41) is 14.7. The number of nitrogens with zero attached hydrogens (tertiary/aromatic N) is 2. The van der Waals surface area contributed by atoms with Crippen molar-refractivity contribution in [2.24, 2.45) is 0 Å². The van der Waals surface area contributed by atoms with Crippen molar-refractivity contribution in [2.45, 2.75) is 6.92 Å². The molecule has 2 aromatic carbocycles. The third-order valence-corrected chi connectivity index (χ3v) is 3.95. The third kappa shape index (κ3) is 5.17. The predicted octanol–water partition coefficient (Wildman–Crippen LogP) is 4.13. The fourth-order valence-corrected chi connectivity index (χ4v) is 2.50. The molecule has 0 aliphatic heterocycles. The zero-order chi connectivity index (χ0) is 20.6. The van der Waals surface area contributed by atoms with Crippen LogP contribution in [0, 0.1) is 11.3 Å². The second-order valence-electron chi connectivity index (χ2n) is 6.00. The SMILES string of the molecule is CCOC(=O)c1ccc(Nc2ccc(C(=O)Nc3ccc(C#N)cc3)nc2)cc1. The van der Waals surface area contributed by atoms with Gasteiger partial charge in [-0.15, -0.1) is 0 Å². The highest BCUT2D eigenvalue weighted by atomic mass is 16.5. The number of ether oxygens (including phenoxy) is 1. The molecular weight excluding hydrogens is 368 g/mol. The summed E-state index contributed by atoms with van der Waals surface area (Å²) in [6.07, 6.45) is 1.55. The van der Waals surface area contributed by atoms with E-state index in [0.29, 0.717) is 29.1 Å². The van der Waals surface area contributed by atoms with Crippen molar-refractivity contribution in [1.82, 2.24) is 4.98 Å². The average molecular weight is 386 g/mol. The van der Waals surface area contributed by atoms with Crippen LogP contribution in [-0.2, 0) is 4.74 Å².